The number of hydrogen-bond acceptors (Lipinski definition) is 6. The molecule has 10 heteroatoms. The lowest BCUT2D eigenvalue weighted by Gasteiger charge is -2.49. The largest absolute Gasteiger partial charge is 0.508 e. The number of methoxy groups -OCH3 is 1. The molecule has 4 amide bonds. The Kier molecular flexibility index (Phi) is 6.07. The number of amides is 4. The van der Waals surface area contributed by atoms with Crippen molar-refractivity contribution < 1.29 is 33.4 Å². The highest BCUT2D eigenvalue weighted by Gasteiger charge is 2.68. The van der Waals surface area contributed by atoms with E-state index < -0.39 is 52.6 Å². The number of carbonyl (C=O) groups excluding carboxylic acids is 4. The van der Waals surface area contributed by atoms with E-state index in [0.29, 0.717) is 17.7 Å². The Hall–Kier alpha value is -3.72. The zero-order valence-corrected chi connectivity index (χ0v) is 22.9. The lowest BCUT2D eigenvalue weighted by atomic mass is 9.51. The Morgan fingerprint density at radius 3 is 2.52 bits per heavy atom. The molecule has 40 heavy (non-hydrogen) atoms. The molecule has 0 bridgehead atoms. The van der Waals surface area contributed by atoms with E-state index in [-0.39, 0.29) is 41.2 Å². The van der Waals surface area contributed by atoms with Crippen molar-refractivity contribution >= 4 is 40.9 Å². The molecule has 1 saturated carbocycles. The zero-order chi connectivity index (χ0) is 28.7. The van der Waals surface area contributed by atoms with Gasteiger partial charge in [0.15, 0.2) is 0 Å². The van der Waals surface area contributed by atoms with Crippen LogP contribution in [0.4, 0.5) is 10.1 Å². The van der Waals surface area contributed by atoms with Gasteiger partial charge in [-0.3, -0.25) is 24.1 Å². The van der Waals surface area contributed by atoms with Crippen molar-refractivity contribution in [3.63, 3.8) is 0 Å². The lowest BCUT2D eigenvalue weighted by molar-refractivity contribution is -0.140. The highest BCUT2D eigenvalue weighted by atomic mass is 35.5. The summed E-state index contributed by atoms with van der Waals surface area (Å²) in [5.74, 6) is -5.43. The van der Waals surface area contributed by atoms with Crippen molar-refractivity contribution in [3.05, 3.63) is 64.5 Å². The minimum atomic E-state index is -1.38. The van der Waals surface area contributed by atoms with E-state index in [4.69, 9.17) is 16.3 Å². The topological polar surface area (TPSA) is 104 Å². The molecule has 4 aliphatic rings. The first-order chi connectivity index (χ1) is 19.1. The highest BCUT2D eigenvalue weighted by Crippen LogP contribution is 2.65. The number of nitrogens with zero attached hydrogens (tertiary/aromatic N) is 2. The third-order valence-electron chi connectivity index (χ3n) is 9.40. The minimum Gasteiger partial charge on any atom is -0.508 e. The van der Waals surface area contributed by atoms with E-state index in [1.54, 1.807) is 26.0 Å². The number of carbonyl (C=O) groups is 4. The molecule has 6 atom stereocenters. The second-order valence-corrected chi connectivity index (χ2v) is 11.5. The number of fused-ring (bicyclic) bond motifs is 4. The van der Waals surface area contributed by atoms with Crippen LogP contribution in [0.25, 0.3) is 0 Å². The van der Waals surface area contributed by atoms with E-state index in [9.17, 15) is 28.7 Å². The van der Waals surface area contributed by atoms with Crippen molar-refractivity contribution in [1.29, 1.82) is 0 Å². The Balaban J connectivity index is 1.57. The average Bonchev–Trinajstić information content (AvgIpc) is 3.29. The molecule has 2 saturated heterocycles. The molecule has 208 valence electrons. The van der Waals surface area contributed by atoms with Crippen molar-refractivity contribution in [1.82, 2.24) is 4.90 Å². The number of allylic oxidation sites excluding steroid dienone is 2. The summed E-state index contributed by atoms with van der Waals surface area (Å²) >= 11 is 6.02. The summed E-state index contributed by atoms with van der Waals surface area (Å²) in [6.45, 7) is 3.70. The van der Waals surface area contributed by atoms with Crippen molar-refractivity contribution in [2.24, 2.45) is 29.1 Å². The van der Waals surface area contributed by atoms with Crippen LogP contribution < -0.4 is 9.64 Å². The van der Waals surface area contributed by atoms with Crippen LogP contribution >= 0.6 is 11.6 Å². The van der Waals surface area contributed by atoms with Gasteiger partial charge < -0.3 is 9.84 Å². The number of hydrogen-bond donors (Lipinski definition) is 1. The summed E-state index contributed by atoms with van der Waals surface area (Å²) in [4.78, 5) is 57.4. The minimum absolute atomic E-state index is 0.111. The third-order valence-corrected chi connectivity index (χ3v) is 9.68. The second-order valence-electron chi connectivity index (χ2n) is 11.1. The molecule has 2 heterocycles. The molecular formula is C30H28ClFN2O6. The van der Waals surface area contributed by atoms with Crippen LogP contribution in [0.5, 0.6) is 11.5 Å². The normalized spacial score (nSPS) is 31.2. The summed E-state index contributed by atoms with van der Waals surface area (Å²) in [5, 5.41) is 10.9. The molecule has 6 rings (SSSR count). The van der Waals surface area contributed by atoms with Gasteiger partial charge in [-0.1, -0.05) is 29.3 Å². The Labute approximate surface area is 235 Å². The Bertz CT molecular complexity index is 1520. The summed E-state index contributed by atoms with van der Waals surface area (Å²) in [6, 6.07) is 8.45. The first-order valence-corrected chi connectivity index (χ1v) is 13.7. The SMILES string of the molecule is CCN1C(=O)[C@H]2[C@H](CC=C3[C@H]2C[C@H]2C(=O)N(c4ccc(F)c(Cl)c4)C(=O)[C@@]2(C)[C@H]3c2c(O)cccc2OC)C1=O. The standard InChI is InChI=1S/C30H28ClFN2O6/c1-4-33-26(36)16-10-9-15-17(23(16)28(33)38)13-18-27(37)34(14-8-11-20(32)19(31)12-14)29(39)30(18,2)25(15)24-21(35)6-5-7-22(24)40-3/h5-9,11-12,16-18,23,25,35H,4,10,13H2,1-3H3/t16-,17+,18-,23-,25+,30+/m0/s1. The van der Waals surface area contributed by atoms with Crippen LogP contribution in [0.2, 0.25) is 5.02 Å². The fraction of sp³-hybridized carbons (Fsp3) is 0.400. The molecule has 0 unspecified atom stereocenters. The quantitative estimate of drug-likeness (QED) is 0.433. The molecular weight excluding hydrogens is 539 g/mol. The molecule has 2 aromatic rings. The van der Waals surface area contributed by atoms with Crippen LogP contribution in [0.15, 0.2) is 48.0 Å². The van der Waals surface area contributed by atoms with Gasteiger partial charge in [-0.15, -0.1) is 0 Å². The number of rotatable bonds is 4. The molecule has 8 nitrogen and oxygen atoms in total. The predicted molar refractivity (Wildman–Crippen MR) is 143 cm³/mol. The average molecular weight is 567 g/mol. The predicted octanol–water partition coefficient (Wildman–Crippen LogP) is 4.44. The van der Waals surface area contributed by atoms with Gasteiger partial charge in [-0.2, -0.15) is 0 Å². The molecule has 2 aliphatic heterocycles. The number of aromatic hydroxyl groups is 1. The summed E-state index contributed by atoms with van der Waals surface area (Å²) in [5.41, 5.74) is -0.163. The molecule has 1 N–H and O–H groups in total. The number of halogens is 2. The van der Waals surface area contributed by atoms with Gasteiger partial charge in [-0.05, 0) is 62.9 Å². The smallest absolute Gasteiger partial charge is 0.241 e. The molecule has 2 aromatic carbocycles. The molecule has 0 aromatic heterocycles. The van der Waals surface area contributed by atoms with E-state index in [1.165, 1.54) is 30.2 Å². The highest BCUT2D eigenvalue weighted by molar-refractivity contribution is 6.31. The maximum absolute atomic E-state index is 14.4. The Morgan fingerprint density at radius 1 is 1.10 bits per heavy atom. The van der Waals surface area contributed by atoms with E-state index in [0.717, 1.165) is 16.5 Å². The van der Waals surface area contributed by atoms with Crippen molar-refractivity contribution in [2.75, 3.05) is 18.6 Å². The number of anilines is 1. The first kappa shape index (κ1) is 26.5. The Morgan fingerprint density at radius 2 is 1.85 bits per heavy atom. The van der Waals surface area contributed by atoms with Gasteiger partial charge in [0, 0.05) is 18.0 Å². The van der Waals surface area contributed by atoms with E-state index in [2.05, 4.69) is 0 Å². The molecule has 2 aliphatic carbocycles. The summed E-state index contributed by atoms with van der Waals surface area (Å²) in [7, 11) is 1.45. The third kappa shape index (κ3) is 3.36. The molecule has 3 fully saturated rings. The zero-order valence-electron chi connectivity index (χ0n) is 22.2. The maximum Gasteiger partial charge on any atom is 0.241 e. The number of phenols is 1. The van der Waals surface area contributed by atoms with E-state index >= 15 is 0 Å². The fourth-order valence-electron chi connectivity index (χ4n) is 7.57. The summed E-state index contributed by atoms with van der Waals surface area (Å²) < 4.78 is 19.6. The van der Waals surface area contributed by atoms with Gasteiger partial charge in [0.25, 0.3) is 0 Å². The van der Waals surface area contributed by atoms with Crippen LogP contribution in [0.3, 0.4) is 0 Å². The van der Waals surface area contributed by atoms with Gasteiger partial charge >= 0.3 is 0 Å². The van der Waals surface area contributed by atoms with Gasteiger partial charge in [-0.25, -0.2) is 9.29 Å². The second kappa shape index (κ2) is 9.16. The van der Waals surface area contributed by atoms with Gasteiger partial charge in [0.2, 0.25) is 23.6 Å². The van der Waals surface area contributed by atoms with Gasteiger partial charge in [0.1, 0.15) is 17.3 Å². The molecule has 0 spiro atoms. The number of phenolic OH excluding ortho intramolecular Hbond substituents is 1. The van der Waals surface area contributed by atoms with Gasteiger partial charge in [0.05, 0.1) is 41.0 Å². The molecule has 0 radical (unpaired) electrons. The maximum atomic E-state index is 14.4. The van der Waals surface area contributed by atoms with Crippen LogP contribution in [0, 0.1) is 34.9 Å². The monoisotopic (exact) mass is 566 g/mol. The fourth-order valence-corrected chi connectivity index (χ4v) is 7.75. The number of imide groups is 2. The van der Waals surface area contributed by atoms with Crippen LogP contribution in [-0.4, -0.2) is 47.3 Å². The van der Waals surface area contributed by atoms with Crippen molar-refractivity contribution in [3.8, 4) is 11.5 Å². The van der Waals surface area contributed by atoms with E-state index in [1.807, 2.05) is 6.08 Å². The summed E-state index contributed by atoms with van der Waals surface area (Å²) in [6.07, 6.45) is 2.38. The van der Waals surface area contributed by atoms with Crippen LogP contribution in [0.1, 0.15) is 38.2 Å². The number of likely N-dealkylation sites (tertiary alicyclic amines) is 1. The number of benzene rings is 2. The number of ether oxygens (including phenoxy) is 1. The lowest BCUT2D eigenvalue weighted by Crippen LogP contribution is -2.49. The van der Waals surface area contributed by atoms with Crippen LogP contribution in [-0.2, 0) is 19.2 Å². The first-order valence-electron chi connectivity index (χ1n) is 13.3. The van der Waals surface area contributed by atoms with Crippen molar-refractivity contribution in [2.45, 2.75) is 32.6 Å².